The molecule has 0 atom stereocenters. The van der Waals surface area contributed by atoms with Crippen LogP contribution in [-0.4, -0.2) is 5.91 Å². The molecule has 2 rings (SSSR count). The first-order valence-corrected chi connectivity index (χ1v) is 7.11. The van der Waals surface area contributed by atoms with Gasteiger partial charge in [-0.25, -0.2) is 4.57 Å². The summed E-state index contributed by atoms with van der Waals surface area (Å²) < 4.78 is 2.12. The number of hydrogen-bond acceptors (Lipinski definition) is 1. The van der Waals surface area contributed by atoms with E-state index in [0.717, 1.165) is 25.1 Å². The number of carbonyl (C=O) groups is 1. The molecule has 1 amide bonds. The molecular weight excluding hydrogens is 352 g/mol. The molecule has 0 radical (unpaired) electrons. The van der Waals surface area contributed by atoms with Gasteiger partial charge >= 0.3 is 0 Å². The van der Waals surface area contributed by atoms with E-state index in [0.29, 0.717) is 11.4 Å². The number of unbranched alkanes of at least 4 members (excludes halogenated alkanes) is 1. The highest BCUT2D eigenvalue weighted by Crippen LogP contribution is 2.13. The van der Waals surface area contributed by atoms with Crippen molar-refractivity contribution in [2.24, 2.45) is 0 Å². The van der Waals surface area contributed by atoms with Crippen molar-refractivity contribution >= 4 is 23.2 Å². The van der Waals surface area contributed by atoms with Gasteiger partial charge in [-0.2, -0.15) is 0 Å². The summed E-state index contributed by atoms with van der Waals surface area (Å²) >= 11 is 5.79. The number of benzene rings is 1. The Morgan fingerprint density at radius 3 is 2.38 bits per heavy atom. The Morgan fingerprint density at radius 2 is 1.71 bits per heavy atom. The maximum Gasteiger partial charge on any atom is 0.224 e. The summed E-state index contributed by atoms with van der Waals surface area (Å²) in [5.41, 5.74) is 0.789. The van der Waals surface area contributed by atoms with Crippen LogP contribution < -0.4 is 26.9 Å². The monoisotopic (exact) mass is 368 g/mol. The number of halogens is 2. The Kier molecular flexibility index (Phi) is 8.01. The van der Waals surface area contributed by atoms with Crippen LogP contribution in [0.4, 0.5) is 5.69 Å². The van der Waals surface area contributed by atoms with E-state index in [4.69, 9.17) is 11.6 Å². The molecule has 5 heteroatoms. The average molecular weight is 370 g/mol. The molecule has 0 bridgehead atoms. The zero-order valence-electron chi connectivity index (χ0n) is 11.6. The first kappa shape index (κ1) is 17.7. The van der Waals surface area contributed by atoms with Gasteiger partial charge in [-0.3, -0.25) is 4.79 Å². The Hall–Kier alpha value is -1.39. The van der Waals surface area contributed by atoms with Crippen LogP contribution in [0.15, 0.2) is 54.9 Å². The predicted molar refractivity (Wildman–Crippen MR) is 80.6 cm³/mol. The predicted octanol–water partition coefficient (Wildman–Crippen LogP) is 0.440. The van der Waals surface area contributed by atoms with Crippen molar-refractivity contribution < 1.29 is 26.3 Å². The van der Waals surface area contributed by atoms with Crippen LogP contribution in [0, 0.1) is 0 Å². The zero-order chi connectivity index (χ0) is 14.2. The Labute approximate surface area is 140 Å². The molecule has 0 spiro atoms. The molecule has 2 aromatic rings. The van der Waals surface area contributed by atoms with Crippen molar-refractivity contribution in [2.45, 2.75) is 25.8 Å². The Bertz CT molecular complexity index is 546. The van der Waals surface area contributed by atoms with Crippen molar-refractivity contribution in [1.82, 2.24) is 0 Å². The smallest absolute Gasteiger partial charge is 0.224 e. The normalized spacial score (nSPS) is 9.76. The number of amides is 1. The zero-order valence-corrected chi connectivity index (χ0v) is 14.0. The van der Waals surface area contributed by atoms with Gasteiger partial charge in [-0.15, -0.1) is 0 Å². The van der Waals surface area contributed by atoms with Crippen LogP contribution >= 0.6 is 11.6 Å². The summed E-state index contributed by atoms with van der Waals surface area (Å²) in [6.07, 6.45) is 6.47. The van der Waals surface area contributed by atoms with Gasteiger partial charge in [0.15, 0.2) is 12.4 Å². The Balaban J connectivity index is 0.00000220. The van der Waals surface area contributed by atoms with E-state index in [-0.39, 0.29) is 22.9 Å². The summed E-state index contributed by atoms with van der Waals surface area (Å²) in [7, 11) is 0. The molecule has 112 valence electrons. The number of anilines is 1. The molecule has 0 aliphatic carbocycles. The lowest BCUT2D eigenvalue weighted by atomic mass is 10.2. The van der Waals surface area contributed by atoms with Crippen molar-refractivity contribution in [1.29, 1.82) is 0 Å². The van der Waals surface area contributed by atoms with Gasteiger partial charge < -0.3 is 22.3 Å². The molecule has 1 aromatic carbocycles. The number of carbonyl (C=O) groups excluding carboxylic acids is 1. The lowest BCUT2D eigenvalue weighted by molar-refractivity contribution is -0.697. The second kappa shape index (κ2) is 9.53. The van der Waals surface area contributed by atoms with E-state index < -0.39 is 0 Å². The highest BCUT2D eigenvalue weighted by atomic mass is 79.9. The van der Waals surface area contributed by atoms with Crippen LogP contribution in [0.25, 0.3) is 0 Å². The second-order valence-corrected chi connectivity index (χ2v) is 5.06. The summed E-state index contributed by atoms with van der Waals surface area (Å²) in [5, 5.41) is 3.53. The van der Waals surface area contributed by atoms with E-state index in [9.17, 15) is 4.79 Å². The maximum atomic E-state index is 11.8. The summed E-state index contributed by atoms with van der Waals surface area (Å²) in [4.78, 5) is 11.8. The molecular formula is C16H18BrClN2O. The summed E-state index contributed by atoms with van der Waals surface area (Å²) in [6, 6.07) is 13.2. The second-order valence-electron chi connectivity index (χ2n) is 4.63. The topological polar surface area (TPSA) is 33.0 Å². The van der Waals surface area contributed by atoms with Crippen LogP contribution in [0.5, 0.6) is 0 Å². The fourth-order valence-corrected chi connectivity index (χ4v) is 2.05. The first-order valence-electron chi connectivity index (χ1n) is 6.73. The molecule has 1 heterocycles. The maximum absolute atomic E-state index is 11.8. The summed E-state index contributed by atoms with van der Waals surface area (Å²) in [6.45, 7) is 0.940. The number of aromatic nitrogens is 1. The molecule has 0 saturated heterocycles. The van der Waals surface area contributed by atoms with Gasteiger partial charge in [-0.1, -0.05) is 17.7 Å². The van der Waals surface area contributed by atoms with Gasteiger partial charge in [0, 0.05) is 35.7 Å². The molecule has 1 N–H and O–H groups in total. The highest BCUT2D eigenvalue weighted by Gasteiger charge is 2.04. The number of aryl methyl sites for hydroxylation is 1. The minimum Gasteiger partial charge on any atom is -1.00 e. The third-order valence-electron chi connectivity index (χ3n) is 2.98. The van der Waals surface area contributed by atoms with Crippen LogP contribution in [0.1, 0.15) is 19.3 Å². The molecule has 1 aromatic heterocycles. The van der Waals surface area contributed by atoms with Crippen LogP contribution in [-0.2, 0) is 11.3 Å². The van der Waals surface area contributed by atoms with E-state index in [2.05, 4.69) is 9.88 Å². The first-order chi connectivity index (χ1) is 9.74. The number of nitrogens with zero attached hydrogens (tertiary/aromatic N) is 1. The molecule has 21 heavy (non-hydrogen) atoms. The van der Waals surface area contributed by atoms with Crippen molar-refractivity contribution in [3.63, 3.8) is 0 Å². The standard InChI is InChI=1S/C16H17ClN2O.BrH/c17-14-7-9-15(10-8-14)18-16(20)6-2-5-13-19-11-3-1-4-12-19;/h1,3-4,7-12H,2,5-6,13H2;1H. The molecule has 0 aliphatic rings. The van der Waals surface area contributed by atoms with Gasteiger partial charge in [0.25, 0.3) is 0 Å². The lowest BCUT2D eigenvalue weighted by Crippen LogP contribution is -3.00. The molecule has 0 aliphatic heterocycles. The van der Waals surface area contributed by atoms with E-state index >= 15 is 0 Å². The van der Waals surface area contributed by atoms with Gasteiger partial charge in [0.2, 0.25) is 5.91 Å². The summed E-state index contributed by atoms with van der Waals surface area (Å²) in [5.74, 6) is 0.0467. The number of rotatable bonds is 6. The van der Waals surface area contributed by atoms with Crippen molar-refractivity contribution in [3.05, 3.63) is 59.9 Å². The fraction of sp³-hybridized carbons (Fsp3) is 0.250. The number of hydrogen-bond donors (Lipinski definition) is 1. The SMILES string of the molecule is O=C(CCCC[n+]1ccccc1)Nc1ccc(Cl)cc1.[Br-]. The lowest BCUT2D eigenvalue weighted by Gasteiger charge is -2.04. The third-order valence-corrected chi connectivity index (χ3v) is 3.23. The average Bonchev–Trinajstić information content (AvgIpc) is 2.47. The van der Waals surface area contributed by atoms with Gasteiger partial charge in [0.05, 0.1) is 0 Å². The van der Waals surface area contributed by atoms with Crippen molar-refractivity contribution in [2.75, 3.05) is 5.32 Å². The molecule has 3 nitrogen and oxygen atoms in total. The van der Waals surface area contributed by atoms with E-state index in [1.807, 2.05) is 30.6 Å². The third kappa shape index (κ3) is 6.74. The Morgan fingerprint density at radius 1 is 1.05 bits per heavy atom. The molecule has 0 fully saturated rings. The van der Waals surface area contributed by atoms with E-state index in [1.54, 1.807) is 24.3 Å². The quantitative estimate of drug-likeness (QED) is 0.582. The fourth-order valence-electron chi connectivity index (χ4n) is 1.92. The highest BCUT2D eigenvalue weighted by molar-refractivity contribution is 6.30. The minimum absolute atomic E-state index is 0. The molecule has 0 unspecified atom stereocenters. The number of pyridine rings is 1. The number of nitrogens with one attached hydrogen (secondary N) is 1. The van der Waals surface area contributed by atoms with Crippen molar-refractivity contribution in [3.8, 4) is 0 Å². The van der Waals surface area contributed by atoms with Gasteiger partial charge in [0.1, 0.15) is 6.54 Å². The molecule has 0 saturated carbocycles. The largest absolute Gasteiger partial charge is 1.00 e. The van der Waals surface area contributed by atoms with Crippen LogP contribution in [0.3, 0.4) is 0 Å². The van der Waals surface area contributed by atoms with Crippen LogP contribution in [0.2, 0.25) is 5.02 Å². The van der Waals surface area contributed by atoms with Gasteiger partial charge in [-0.05, 0) is 30.7 Å². The minimum atomic E-state index is 0. The van der Waals surface area contributed by atoms with E-state index in [1.165, 1.54) is 0 Å².